The zero-order valence-electron chi connectivity index (χ0n) is 3.29. The monoisotopic (exact) mass is 90.0 g/mol. The smallest absolute Gasteiger partial charge is 0.294 e. The van der Waals surface area contributed by atoms with Gasteiger partial charge in [0.25, 0.3) is 9.85 Å². The van der Waals surface area contributed by atoms with Gasteiger partial charge in [-0.2, -0.15) is 0 Å². The van der Waals surface area contributed by atoms with Crippen molar-refractivity contribution in [1.82, 2.24) is 0 Å². The first kappa shape index (κ1) is 5.15. The van der Waals surface area contributed by atoms with Gasteiger partial charge in [0.1, 0.15) is 0 Å². The van der Waals surface area contributed by atoms with E-state index in [-0.39, 0.29) is 9.85 Å². The van der Waals surface area contributed by atoms with Gasteiger partial charge in [-0.1, -0.05) is 13.3 Å². The summed E-state index contributed by atoms with van der Waals surface area (Å²) < 4.78 is 11.0. The highest BCUT2D eigenvalue weighted by atomic mass is 28.3. The molecule has 0 N–H and O–H groups in total. The molecule has 0 bridgehead atoms. The first-order valence-electron chi connectivity index (χ1n) is 1.75. The Bertz CT molecular complexity index is 14.4. The van der Waals surface area contributed by atoms with Crippen LogP contribution in [-0.4, -0.2) is 9.85 Å². The van der Waals surface area contributed by atoms with E-state index in [1.54, 1.807) is 0 Å². The molecule has 0 rings (SSSR count). The molecule has 0 atom stereocenters. The highest BCUT2D eigenvalue weighted by molar-refractivity contribution is 6.25. The predicted molar refractivity (Wildman–Crippen MR) is 22.0 cm³/mol. The van der Waals surface area contributed by atoms with E-state index in [0.717, 1.165) is 12.5 Å². The maximum absolute atomic E-state index is 11.0. The topological polar surface area (TPSA) is 0 Å². The summed E-state index contributed by atoms with van der Waals surface area (Å²) in [5, 5.41) is 0. The molecule has 0 saturated carbocycles. The summed E-state index contributed by atoms with van der Waals surface area (Å²) in [5.74, 6) is 0. The van der Waals surface area contributed by atoms with Gasteiger partial charge >= 0.3 is 0 Å². The predicted octanol–water partition coefficient (Wildman–Crippen LogP) is 1.40. The summed E-state index contributed by atoms with van der Waals surface area (Å²) in [6.07, 6.45) is 0.981. The van der Waals surface area contributed by atoms with E-state index >= 15 is 0 Å². The van der Waals surface area contributed by atoms with Crippen LogP contribution in [0.5, 0.6) is 0 Å². The summed E-state index contributed by atoms with van der Waals surface area (Å²) in [7, 11) is -0.342. The molecule has 0 aromatic carbocycles. The van der Waals surface area contributed by atoms with Crippen molar-refractivity contribution in [1.29, 1.82) is 0 Å². The van der Waals surface area contributed by atoms with Gasteiger partial charge in [0, 0.05) is 0 Å². The minimum Gasteiger partial charge on any atom is -0.315 e. The molecule has 0 aliphatic rings. The summed E-state index contributed by atoms with van der Waals surface area (Å²) >= 11 is 0. The van der Waals surface area contributed by atoms with Crippen molar-refractivity contribution < 1.29 is 4.11 Å². The number of rotatable bonds is 2. The van der Waals surface area contributed by atoms with Crippen molar-refractivity contribution in [3.8, 4) is 0 Å². The van der Waals surface area contributed by atoms with E-state index in [1.807, 2.05) is 6.92 Å². The molecule has 0 aliphatic carbocycles. The van der Waals surface area contributed by atoms with E-state index < -0.39 is 0 Å². The van der Waals surface area contributed by atoms with E-state index in [4.69, 9.17) is 0 Å². The zero-order valence-corrected chi connectivity index (χ0v) is 4.29. The average Bonchev–Trinajstić information content (AvgIpc) is 1.41. The minimum atomic E-state index is -0.342. The third-order valence-corrected chi connectivity index (χ3v) is 1.03. The first-order chi connectivity index (χ1) is 2.41. The van der Waals surface area contributed by atoms with E-state index in [2.05, 4.69) is 0 Å². The summed E-state index contributed by atoms with van der Waals surface area (Å²) in [4.78, 5) is 0. The first-order valence-corrected chi connectivity index (χ1v) is 2.83. The largest absolute Gasteiger partial charge is 0.315 e. The van der Waals surface area contributed by atoms with Crippen LogP contribution in [0.1, 0.15) is 13.3 Å². The Labute approximate surface area is 34.4 Å². The molecule has 0 aliphatic heterocycles. The second-order valence-electron chi connectivity index (χ2n) is 0.884. The molecule has 0 heterocycles. The number of hydrogen-bond acceptors (Lipinski definition) is 0. The fourth-order valence-corrected chi connectivity index (χ4v) is 0.283. The third kappa shape index (κ3) is 4.15. The number of hydrogen-bond donors (Lipinski definition) is 0. The molecule has 2 radical (unpaired) electrons. The molecule has 0 aromatic rings. The van der Waals surface area contributed by atoms with Gasteiger partial charge in [-0.25, -0.2) is 0 Å². The van der Waals surface area contributed by atoms with Crippen LogP contribution in [0.15, 0.2) is 0 Å². The van der Waals surface area contributed by atoms with Crippen molar-refractivity contribution in [2.75, 3.05) is 0 Å². The van der Waals surface area contributed by atoms with Gasteiger partial charge in [-0.15, -0.1) is 0 Å². The van der Waals surface area contributed by atoms with Crippen LogP contribution in [0.2, 0.25) is 6.04 Å². The fraction of sp³-hybridized carbons (Fsp3) is 1.00. The van der Waals surface area contributed by atoms with Gasteiger partial charge < -0.3 is 4.11 Å². The highest BCUT2D eigenvalue weighted by Gasteiger charge is 1.77. The quantitative estimate of drug-likeness (QED) is 0.355. The zero-order chi connectivity index (χ0) is 4.12. The highest BCUT2D eigenvalue weighted by Crippen LogP contribution is 1.82. The van der Waals surface area contributed by atoms with Crippen LogP contribution in [-0.2, 0) is 0 Å². The Balaban J connectivity index is 2.19. The van der Waals surface area contributed by atoms with Crippen LogP contribution in [0.4, 0.5) is 4.11 Å². The molecule has 0 spiro atoms. The Morgan fingerprint density at radius 2 is 2.40 bits per heavy atom. The lowest BCUT2D eigenvalue weighted by Crippen LogP contribution is -1.71. The molecular weight excluding hydrogens is 83.1 g/mol. The SMILES string of the molecule is CCC[Si]F. The summed E-state index contributed by atoms with van der Waals surface area (Å²) in [6, 6.07) is 0.750. The Morgan fingerprint density at radius 3 is 2.40 bits per heavy atom. The second-order valence-corrected chi connectivity index (χ2v) is 1.65. The molecule has 0 nitrogen and oxygen atoms in total. The van der Waals surface area contributed by atoms with Crippen LogP contribution >= 0.6 is 0 Å². The van der Waals surface area contributed by atoms with Gasteiger partial charge in [0.15, 0.2) is 0 Å². The van der Waals surface area contributed by atoms with Gasteiger partial charge in [0.05, 0.1) is 0 Å². The molecule has 2 heteroatoms. The molecule has 5 heavy (non-hydrogen) atoms. The van der Waals surface area contributed by atoms with Crippen LogP contribution in [0, 0.1) is 0 Å². The van der Waals surface area contributed by atoms with Crippen LogP contribution in [0.25, 0.3) is 0 Å². The van der Waals surface area contributed by atoms with Crippen LogP contribution < -0.4 is 0 Å². The van der Waals surface area contributed by atoms with Gasteiger partial charge in [-0.05, 0) is 6.04 Å². The molecule has 0 aromatic heterocycles. The van der Waals surface area contributed by atoms with Crippen molar-refractivity contribution in [2.45, 2.75) is 19.4 Å². The number of halogens is 1. The Hall–Kier alpha value is 0.147. The van der Waals surface area contributed by atoms with Gasteiger partial charge in [-0.3, -0.25) is 0 Å². The lowest BCUT2D eigenvalue weighted by atomic mass is 10.6. The molecule has 0 unspecified atom stereocenters. The van der Waals surface area contributed by atoms with Crippen molar-refractivity contribution >= 4 is 9.85 Å². The minimum absolute atomic E-state index is 0.342. The molecule has 30 valence electrons. The maximum Gasteiger partial charge on any atom is 0.294 e. The average molecular weight is 90.2 g/mol. The van der Waals surface area contributed by atoms with E-state index in [0.29, 0.717) is 0 Å². The maximum atomic E-state index is 11.0. The molecule has 0 amide bonds. The lowest BCUT2D eigenvalue weighted by Gasteiger charge is -1.73. The van der Waals surface area contributed by atoms with E-state index in [9.17, 15) is 4.11 Å². The van der Waals surface area contributed by atoms with Crippen molar-refractivity contribution in [3.05, 3.63) is 0 Å². The normalized spacial score (nSPS) is 8.40. The Kier molecular flexibility index (Phi) is 4.27. The standard InChI is InChI=1S/C3H7FSi/c1-2-3-5-4/h2-3H2,1H3. The fourth-order valence-electron chi connectivity index (χ4n) is 0.0945. The van der Waals surface area contributed by atoms with E-state index in [1.165, 1.54) is 0 Å². The molecular formula is C3H7FSi. The van der Waals surface area contributed by atoms with Crippen molar-refractivity contribution in [2.24, 2.45) is 0 Å². The summed E-state index contributed by atoms with van der Waals surface area (Å²) in [5.41, 5.74) is 0. The Morgan fingerprint density at radius 1 is 1.80 bits per heavy atom. The van der Waals surface area contributed by atoms with Crippen molar-refractivity contribution in [3.63, 3.8) is 0 Å². The second kappa shape index (κ2) is 4.15. The van der Waals surface area contributed by atoms with Gasteiger partial charge in [0.2, 0.25) is 0 Å². The molecule has 0 saturated heterocycles. The molecule has 0 fully saturated rings. The lowest BCUT2D eigenvalue weighted by molar-refractivity contribution is 0.845. The van der Waals surface area contributed by atoms with Crippen LogP contribution in [0.3, 0.4) is 0 Å². The summed E-state index contributed by atoms with van der Waals surface area (Å²) in [6.45, 7) is 1.98. The third-order valence-electron chi connectivity index (χ3n) is 0.344.